The molecular formula is C16H26N2O2. The highest BCUT2D eigenvalue weighted by Gasteiger charge is 2.12. The van der Waals surface area contributed by atoms with E-state index in [1.54, 1.807) is 0 Å². The minimum atomic E-state index is -0.140. The van der Waals surface area contributed by atoms with Crippen molar-refractivity contribution in [2.45, 2.75) is 39.5 Å². The quantitative estimate of drug-likeness (QED) is 0.786. The maximum atomic E-state index is 11.3. The van der Waals surface area contributed by atoms with Crippen LogP contribution in [0.15, 0.2) is 24.3 Å². The standard InChI is InChI=1S/C16H26N2O2/c1-5-10-17-15(19)18-11-12-20-14-8-6-13(7-9-14)16(2,3)4/h6-9H,5,10-12H2,1-4H3,(H2,17,18,19). The Labute approximate surface area is 121 Å². The van der Waals surface area contributed by atoms with Gasteiger partial charge in [0, 0.05) is 6.54 Å². The van der Waals surface area contributed by atoms with Crippen LogP contribution >= 0.6 is 0 Å². The van der Waals surface area contributed by atoms with E-state index in [0.29, 0.717) is 19.7 Å². The molecule has 0 aliphatic carbocycles. The largest absolute Gasteiger partial charge is 0.492 e. The van der Waals surface area contributed by atoms with Crippen LogP contribution < -0.4 is 15.4 Å². The zero-order chi connectivity index (χ0) is 15.0. The Morgan fingerprint density at radius 1 is 1.10 bits per heavy atom. The van der Waals surface area contributed by atoms with Gasteiger partial charge < -0.3 is 15.4 Å². The lowest BCUT2D eigenvalue weighted by molar-refractivity contribution is 0.236. The van der Waals surface area contributed by atoms with Crippen molar-refractivity contribution in [1.29, 1.82) is 0 Å². The Morgan fingerprint density at radius 3 is 2.25 bits per heavy atom. The van der Waals surface area contributed by atoms with Crippen LogP contribution in [0.5, 0.6) is 5.75 Å². The van der Waals surface area contributed by atoms with Gasteiger partial charge in [-0.05, 0) is 29.5 Å². The van der Waals surface area contributed by atoms with E-state index in [9.17, 15) is 4.79 Å². The fourth-order valence-electron chi connectivity index (χ4n) is 1.69. The molecule has 0 spiro atoms. The molecule has 0 saturated heterocycles. The summed E-state index contributed by atoms with van der Waals surface area (Å²) >= 11 is 0. The Kier molecular flexibility index (Phi) is 6.36. The second-order valence-electron chi connectivity index (χ2n) is 5.81. The first-order valence-corrected chi connectivity index (χ1v) is 7.18. The van der Waals surface area contributed by atoms with Gasteiger partial charge in [-0.25, -0.2) is 4.79 Å². The normalized spacial score (nSPS) is 11.0. The second kappa shape index (κ2) is 7.78. The van der Waals surface area contributed by atoms with Gasteiger partial charge in [0.05, 0.1) is 6.54 Å². The Morgan fingerprint density at radius 2 is 1.70 bits per heavy atom. The van der Waals surface area contributed by atoms with Gasteiger partial charge in [-0.2, -0.15) is 0 Å². The first kappa shape index (κ1) is 16.3. The Bertz CT molecular complexity index is 407. The molecule has 1 aromatic rings. The van der Waals surface area contributed by atoms with Crippen LogP contribution in [0.4, 0.5) is 4.79 Å². The number of nitrogens with one attached hydrogen (secondary N) is 2. The van der Waals surface area contributed by atoms with E-state index in [0.717, 1.165) is 12.2 Å². The number of carbonyl (C=O) groups is 1. The summed E-state index contributed by atoms with van der Waals surface area (Å²) in [5, 5.41) is 5.50. The molecule has 0 radical (unpaired) electrons. The van der Waals surface area contributed by atoms with Gasteiger partial charge in [0.1, 0.15) is 12.4 Å². The van der Waals surface area contributed by atoms with Crippen molar-refractivity contribution in [3.63, 3.8) is 0 Å². The summed E-state index contributed by atoms with van der Waals surface area (Å²) in [5.74, 6) is 0.828. The molecule has 4 nitrogen and oxygen atoms in total. The Hall–Kier alpha value is -1.71. The molecule has 0 aromatic heterocycles. The van der Waals surface area contributed by atoms with Crippen molar-refractivity contribution in [3.05, 3.63) is 29.8 Å². The van der Waals surface area contributed by atoms with E-state index in [1.165, 1.54) is 5.56 Å². The molecule has 0 unspecified atom stereocenters. The van der Waals surface area contributed by atoms with Crippen molar-refractivity contribution in [3.8, 4) is 5.75 Å². The third kappa shape index (κ3) is 5.95. The molecule has 0 heterocycles. The van der Waals surface area contributed by atoms with E-state index in [-0.39, 0.29) is 11.4 Å². The molecular weight excluding hydrogens is 252 g/mol. The summed E-state index contributed by atoms with van der Waals surface area (Å²) < 4.78 is 5.59. The lowest BCUT2D eigenvalue weighted by atomic mass is 9.87. The number of carbonyl (C=O) groups excluding carboxylic acids is 1. The molecule has 0 saturated carbocycles. The summed E-state index contributed by atoms with van der Waals surface area (Å²) in [7, 11) is 0. The SMILES string of the molecule is CCCNC(=O)NCCOc1ccc(C(C)(C)C)cc1. The third-order valence-corrected chi connectivity index (χ3v) is 2.91. The highest BCUT2D eigenvalue weighted by Crippen LogP contribution is 2.24. The minimum Gasteiger partial charge on any atom is -0.492 e. The van der Waals surface area contributed by atoms with Crippen LogP contribution in [0.3, 0.4) is 0 Å². The topological polar surface area (TPSA) is 50.4 Å². The molecule has 0 fully saturated rings. The van der Waals surface area contributed by atoms with Crippen molar-refractivity contribution >= 4 is 6.03 Å². The fourth-order valence-corrected chi connectivity index (χ4v) is 1.69. The fraction of sp³-hybridized carbons (Fsp3) is 0.562. The predicted octanol–water partition coefficient (Wildman–Crippen LogP) is 3.07. The van der Waals surface area contributed by atoms with Crippen molar-refractivity contribution < 1.29 is 9.53 Å². The smallest absolute Gasteiger partial charge is 0.314 e. The van der Waals surface area contributed by atoms with Gasteiger partial charge >= 0.3 is 6.03 Å². The number of amides is 2. The second-order valence-corrected chi connectivity index (χ2v) is 5.81. The number of urea groups is 1. The van der Waals surface area contributed by atoms with E-state index in [1.807, 2.05) is 19.1 Å². The number of ether oxygens (including phenoxy) is 1. The summed E-state index contributed by atoms with van der Waals surface area (Å²) in [6.07, 6.45) is 0.935. The summed E-state index contributed by atoms with van der Waals surface area (Å²) in [6.45, 7) is 10.2. The number of rotatable bonds is 6. The van der Waals surface area contributed by atoms with Crippen molar-refractivity contribution in [1.82, 2.24) is 10.6 Å². The minimum absolute atomic E-state index is 0.140. The molecule has 0 atom stereocenters. The van der Waals surface area contributed by atoms with E-state index >= 15 is 0 Å². The van der Waals surface area contributed by atoms with Crippen LogP contribution in [-0.4, -0.2) is 25.7 Å². The highest BCUT2D eigenvalue weighted by atomic mass is 16.5. The zero-order valence-electron chi connectivity index (χ0n) is 13.0. The summed E-state index contributed by atoms with van der Waals surface area (Å²) in [6, 6.07) is 7.96. The van der Waals surface area contributed by atoms with E-state index in [2.05, 4.69) is 43.5 Å². The maximum absolute atomic E-state index is 11.3. The van der Waals surface area contributed by atoms with Crippen LogP contribution in [-0.2, 0) is 5.41 Å². The van der Waals surface area contributed by atoms with Crippen LogP contribution in [0.1, 0.15) is 39.7 Å². The average molecular weight is 278 g/mol. The highest BCUT2D eigenvalue weighted by molar-refractivity contribution is 5.73. The lowest BCUT2D eigenvalue weighted by Crippen LogP contribution is -2.37. The molecule has 2 N–H and O–H groups in total. The van der Waals surface area contributed by atoms with Crippen LogP contribution in [0.25, 0.3) is 0 Å². The monoisotopic (exact) mass is 278 g/mol. The van der Waals surface area contributed by atoms with Crippen molar-refractivity contribution in [2.75, 3.05) is 19.7 Å². The molecule has 2 amide bonds. The molecule has 1 aromatic carbocycles. The number of benzene rings is 1. The van der Waals surface area contributed by atoms with Gasteiger partial charge in [-0.1, -0.05) is 39.8 Å². The predicted molar refractivity (Wildman–Crippen MR) is 82.3 cm³/mol. The molecule has 112 valence electrons. The van der Waals surface area contributed by atoms with Crippen molar-refractivity contribution in [2.24, 2.45) is 0 Å². The van der Waals surface area contributed by atoms with E-state index in [4.69, 9.17) is 4.74 Å². The molecule has 20 heavy (non-hydrogen) atoms. The summed E-state index contributed by atoms with van der Waals surface area (Å²) in [5.41, 5.74) is 1.43. The van der Waals surface area contributed by atoms with E-state index < -0.39 is 0 Å². The zero-order valence-corrected chi connectivity index (χ0v) is 13.0. The average Bonchev–Trinajstić information content (AvgIpc) is 2.41. The molecule has 4 heteroatoms. The number of hydrogen-bond acceptors (Lipinski definition) is 2. The molecule has 0 aliphatic heterocycles. The third-order valence-electron chi connectivity index (χ3n) is 2.91. The lowest BCUT2D eigenvalue weighted by Gasteiger charge is -2.19. The molecule has 1 rings (SSSR count). The van der Waals surface area contributed by atoms with Gasteiger partial charge in [-0.15, -0.1) is 0 Å². The van der Waals surface area contributed by atoms with Gasteiger partial charge in [0.15, 0.2) is 0 Å². The van der Waals surface area contributed by atoms with Gasteiger partial charge in [-0.3, -0.25) is 0 Å². The maximum Gasteiger partial charge on any atom is 0.314 e. The first-order valence-electron chi connectivity index (χ1n) is 7.18. The van der Waals surface area contributed by atoms with Crippen LogP contribution in [0.2, 0.25) is 0 Å². The summed E-state index contributed by atoms with van der Waals surface area (Å²) in [4.78, 5) is 11.3. The number of hydrogen-bond donors (Lipinski definition) is 2. The Balaban J connectivity index is 2.27. The van der Waals surface area contributed by atoms with Gasteiger partial charge in [0.25, 0.3) is 0 Å². The van der Waals surface area contributed by atoms with Crippen LogP contribution in [0, 0.1) is 0 Å². The molecule has 0 aliphatic rings. The molecule has 0 bridgehead atoms. The first-order chi connectivity index (χ1) is 9.43. The van der Waals surface area contributed by atoms with Gasteiger partial charge in [0.2, 0.25) is 0 Å².